The quantitative estimate of drug-likeness (QED) is 0.175. The Bertz CT molecular complexity index is 3470. The number of rotatable bonds is 5. The second-order valence-electron chi connectivity index (χ2n) is 14.3. The molecule has 0 amide bonds. The predicted molar refractivity (Wildman–Crippen MR) is 240 cm³/mol. The smallest absolute Gasteiger partial charge is 0.165 e. The lowest BCUT2D eigenvalue weighted by molar-refractivity contribution is 0.670. The van der Waals surface area contributed by atoms with Crippen LogP contribution in [0.3, 0.4) is 0 Å². The largest absolute Gasteiger partial charge is 0.455 e. The van der Waals surface area contributed by atoms with E-state index in [4.69, 9.17) is 19.4 Å². The van der Waals surface area contributed by atoms with Gasteiger partial charge in [0.1, 0.15) is 11.2 Å². The Morgan fingerprint density at radius 3 is 1.77 bits per heavy atom. The summed E-state index contributed by atoms with van der Waals surface area (Å²) in [5, 5.41) is 7.20. The number of hydrogen-bond donors (Lipinski definition) is 0. The number of nitrogens with zero attached hydrogens (tertiary/aromatic N) is 3. The zero-order valence-corrected chi connectivity index (χ0v) is 31.9. The van der Waals surface area contributed by atoms with Crippen molar-refractivity contribution >= 4 is 85.0 Å². The fourth-order valence-electron chi connectivity index (χ4n) is 8.28. The Morgan fingerprint density at radius 1 is 0.351 bits per heavy atom. The topological polar surface area (TPSA) is 51.8 Å². The molecule has 0 saturated heterocycles. The van der Waals surface area contributed by atoms with E-state index in [1.807, 2.05) is 78.1 Å². The first-order chi connectivity index (χ1) is 28.2. The number of fused-ring (bicyclic) bond motifs is 9. The molecule has 0 atom stereocenters. The highest BCUT2D eigenvalue weighted by atomic mass is 32.1. The lowest BCUT2D eigenvalue weighted by Gasteiger charge is -2.11. The van der Waals surface area contributed by atoms with E-state index in [0.29, 0.717) is 17.5 Å². The molecule has 0 aliphatic heterocycles. The first kappa shape index (κ1) is 32.3. The molecule has 0 radical (unpaired) electrons. The zero-order valence-electron chi connectivity index (χ0n) is 30.3. The molecule has 0 spiro atoms. The minimum absolute atomic E-state index is 0.658. The Hall–Kier alpha value is -6.99. The molecule has 4 aromatic heterocycles. The minimum atomic E-state index is 0.658. The zero-order chi connectivity index (χ0) is 37.5. The van der Waals surface area contributed by atoms with E-state index in [-0.39, 0.29) is 0 Å². The Labute approximate surface area is 335 Å². The van der Waals surface area contributed by atoms with Crippen molar-refractivity contribution in [2.45, 2.75) is 0 Å². The van der Waals surface area contributed by atoms with E-state index in [0.717, 1.165) is 48.9 Å². The third-order valence-electron chi connectivity index (χ3n) is 10.9. The molecule has 6 heteroatoms. The van der Waals surface area contributed by atoms with Crippen LogP contribution in [0.15, 0.2) is 180 Å². The first-order valence-electron chi connectivity index (χ1n) is 18.9. The van der Waals surface area contributed by atoms with Crippen molar-refractivity contribution in [2.75, 3.05) is 0 Å². The summed E-state index contributed by atoms with van der Waals surface area (Å²) in [7, 11) is 0. The van der Waals surface area contributed by atoms with Crippen LogP contribution in [0.4, 0.5) is 0 Å². The van der Waals surface area contributed by atoms with E-state index in [1.54, 1.807) is 11.3 Å². The van der Waals surface area contributed by atoms with Crippen molar-refractivity contribution in [3.63, 3.8) is 0 Å². The van der Waals surface area contributed by atoms with Crippen molar-refractivity contribution < 1.29 is 4.42 Å². The number of furan rings is 1. The van der Waals surface area contributed by atoms with Gasteiger partial charge in [-0.2, -0.15) is 0 Å². The standard InChI is InChI=1S/C51H29N3OS2/c1-3-13-30(14-4-1)49-52-50(31-15-5-2-6-16-31)54-51(53-49)39-22-12-21-37-40-27-32(25-26-44(40)57-48(37)39)33-28-41(46-38-18-8-10-24-43(38)56-45(46)29-33)36-20-11-19-35-34-17-7-9-23-42(34)55-47(35)36/h1-29H. The van der Waals surface area contributed by atoms with Crippen LogP contribution < -0.4 is 0 Å². The van der Waals surface area contributed by atoms with E-state index in [1.165, 1.54) is 52.3 Å². The summed E-state index contributed by atoms with van der Waals surface area (Å²) in [4.78, 5) is 15.1. The molecule has 8 aromatic carbocycles. The molecule has 0 unspecified atom stereocenters. The number of hydrogen-bond acceptors (Lipinski definition) is 6. The van der Waals surface area contributed by atoms with E-state index in [9.17, 15) is 0 Å². The van der Waals surface area contributed by atoms with Gasteiger partial charge in [-0.1, -0.05) is 133 Å². The average molecular weight is 764 g/mol. The molecular formula is C51H29N3OS2. The van der Waals surface area contributed by atoms with Gasteiger partial charge < -0.3 is 4.42 Å². The van der Waals surface area contributed by atoms with Gasteiger partial charge in [0.25, 0.3) is 0 Å². The summed E-state index contributed by atoms with van der Waals surface area (Å²) in [6.07, 6.45) is 0. The normalized spacial score (nSPS) is 11.9. The van der Waals surface area contributed by atoms with Gasteiger partial charge in [0.15, 0.2) is 17.5 Å². The summed E-state index contributed by atoms with van der Waals surface area (Å²) < 4.78 is 11.5. The second kappa shape index (κ2) is 12.8. The van der Waals surface area contributed by atoms with Crippen LogP contribution in [0.5, 0.6) is 0 Å². The fraction of sp³-hybridized carbons (Fsp3) is 0. The van der Waals surface area contributed by atoms with Crippen molar-refractivity contribution in [1.82, 2.24) is 15.0 Å². The third-order valence-corrected chi connectivity index (χ3v) is 13.3. The maximum Gasteiger partial charge on any atom is 0.165 e. The molecule has 0 saturated carbocycles. The molecule has 57 heavy (non-hydrogen) atoms. The van der Waals surface area contributed by atoms with Crippen LogP contribution >= 0.6 is 22.7 Å². The van der Waals surface area contributed by atoms with Crippen molar-refractivity contribution in [2.24, 2.45) is 0 Å². The number of benzene rings is 8. The van der Waals surface area contributed by atoms with E-state index in [2.05, 4.69) is 109 Å². The second-order valence-corrected chi connectivity index (χ2v) is 16.4. The van der Waals surface area contributed by atoms with Gasteiger partial charge in [0.2, 0.25) is 0 Å². The fourth-order valence-corrected chi connectivity index (χ4v) is 10.6. The van der Waals surface area contributed by atoms with Crippen LogP contribution in [0.2, 0.25) is 0 Å². The molecule has 12 rings (SSSR count). The van der Waals surface area contributed by atoms with Gasteiger partial charge in [-0.25, -0.2) is 15.0 Å². The molecule has 0 aliphatic rings. The summed E-state index contributed by atoms with van der Waals surface area (Å²) in [6, 6.07) is 62.0. The van der Waals surface area contributed by atoms with Gasteiger partial charge in [0.05, 0.1) is 0 Å². The van der Waals surface area contributed by atoms with Gasteiger partial charge in [-0.15, -0.1) is 22.7 Å². The highest BCUT2D eigenvalue weighted by Gasteiger charge is 2.20. The molecule has 0 fully saturated rings. The Kier molecular flexibility index (Phi) is 7.24. The number of thiophene rings is 2. The average Bonchev–Trinajstić information content (AvgIpc) is 3.97. The first-order valence-corrected chi connectivity index (χ1v) is 20.6. The lowest BCUT2D eigenvalue weighted by atomic mass is 9.93. The molecular weight excluding hydrogens is 735 g/mol. The predicted octanol–water partition coefficient (Wildman–Crippen LogP) is 14.8. The van der Waals surface area contributed by atoms with Crippen LogP contribution in [0.25, 0.3) is 119 Å². The Morgan fingerprint density at radius 2 is 0.982 bits per heavy atom. The Balaban J connectivity index is 1.05. The van der Waals surface area contributed by atoms with Crippen LogP contribution in [0.1, 0.15) is 0 Å². The van der Waals surface area contributed by atoms with Gasteiger partial charge in [-0.3, -0.25) is 0 Å². The van der Waals surface area contributed by atoms with Gasteiger partial charge in [0, 0.05) is 73.4 Å². The summed E-state index contributed by atoms with van der Waals surface area (Å²) >= 11 is 3.64. The highest BCUT2D eigenvalue weighted by molar-refractivity contribution is 7.26. The van der Waals surface area contributed by atoms with E-state index < -0.39 is 0 Å². The van der Waals surface area contributed by atoms with Crippen LogP contribution in [0, 0.1) is 0 Å². The van der Waals surface area contributed by atoms with E-state index >= 15 is 0 Å². The highest BCUT2D eigenvalue weighted by Crippen LogP contribution is 2.47. The van der Waals surface area contributed by atoms with Crippen LogP contribution in [-0.2, 0) is 0 Å². The van der Waals surface area contributed by atoms with Crippen molar-refractivity contribution in [1.29, 1.82) is 0 Å². The van der Waals surface area contributed by atoms with Gasteiger partial charge >= 0.3 is 0 Å². The molecule has 0 N–H and O–H groups in total. The van der Waals surface area contributed by atoms with Gasteiger partial charge in [-0.05, 0) is 59.2 Å². The lowest BCUT2D eigenvalue weighted by Crippen LogP contribution is -2.00. The SMILES string of the molecule is c1ccc(-c2nc(-c3ccccc3)nc(-c3cccc4c3sc3ccc(-c5cc(-c6cccc7c6oc6ccccc67)c6c(c5)sc5ccccc56)cc34)n2)cc1. The summed E-state index contributed by atoms with van der Waals surface area (Å²) in [6.45, 7) is 0. The molecule has 4 heterocycles. The molecule has 0 aliphatic carbocycles. The maximum absolute atomic E-state index is 6.62. The van der Waals surface area contributed by atoms with Crippen molar-refractivity contribution in [3.05, 3.63) is 176 Å². The number of aromatic nitrogens is 3. The molecule has 12 aromatic rings. The molecule has 0 bridgehead atoms. The van der Waals surface area contributed by atoms with Crippen LogP contribution in [-0.4, -0.2) is 15.0 Å². The maximum atomic E-state index is 6.62. The third kappa shape index (κ3) is 5.22. The minimum Gasteiger partial charge on any atom is -0.455 e. The molecule has 4 nitrogen and oxygen atoms in total. The number of para-hydroxylation sites is 2. The monoisotopic (exact) mass is 763 g/mol. The summed E-state index contributed by atoms with van der Waals surface area (Å²) in [5.41, 5.74) is 9.36. The summed E-state index contributed by atoms with van der Waals surface area (Å²) in [5.74, 6) is 1.98. The van der Waals surface area contributed by atoms with Crippen molar-refractivity contribution in [3.8, 4) is 56.4 Å². The molecule has 266 valence electrons.